The van der Waals surface area contributed by atoms with E-state index in [1.165, 1.54) is 0 Å². The van der Waals surface area contributed by atoms with Gasteiger partial charge in [-0.25, -0.2) is 9.78 Å². The van der Waals surface area contributed by atoms with Gasteiger partial charge in [0.25, 0.3) is 5.91 Å². The molecule has 9 heteroatoms. The number of carbonyl (C=O) groups excluding carboxylic acids is 3. The van der Waals surface area contributed by atoms with Crippen molar-refractivity contribution in [1.29, 1.82) is 0 Å². The summed E-state index contributed by atoms with van der Waals surface area (Å²) in [6.45, 7) is 0.171. The third-order valence-corrected chi connectivity index (χ3v) is 5.31. The minimum absolute atomic E-state index is 0.0121. The van der Waals surface area contributed by atoms with Crippen LogP contribution in [-0.2, 0) is 18.4 Å². The van der Waals surface area contributed by atoms with E-state index in [2.05, 4.69) is 15.6 Å². The molecule has 1 atom stereocenters. The molecule has 1 aliphatic heterocycles. The Morgan fingerprint density at radius 1 is 1.22 bits per heavy atom. The van der Waals surface area contributed by atoms with Crippen LogP contribution in [-0.4, -0.2) is 46.0 Å². The topological polar surface area (TPSA) is 106 Å². The van der Waals surface area contributed by atoms with E-state index in [1.54, 1.807) is 37.6 Å². The lowest BCUT2D eigenvalue weighted by Crippen LogP contribution is -2.31. The average Bonchev–Trinajstić information content (AvgIpc) is 3.37. The molecule has 32 heavy (non-hydrogen) atoms. The van der Waals surface area contributed by atoms with Crippen molar-refractivity contribution in [3.8, 4) is 5.75 Å². The molecule has 3 aromatic rings. The van der Waals surface area contributed by atoms with Crippen LogP contribution in [0.4, 0.5) is 4.79 Å². The number of rotatable bonds is 7. The van der Waals surface area contributed by atoms with Crippen molar-refractivity contribution in [3.05, 3.63) is 83.4 Å². The number of methoxy groups -OCH3 is 1. The van der Waals surface area contributed by atoms with E-state index in [1.807, 2.05) is 42.1 Å². The second-order valence-electron chi connectivity index (χ2n) is 7.41. The highest BCUT2D eigenvalue weighted by Gasteiger charge is 2.28. The number of urea groups is 1. The lowest BCUT2D eigenvalue weighted by Gasteiger charge is -2.20. The van der Waals surface area contributed by atoms with Crippen LogP contribution in [0.15, 0.2) is 60.9 Å². The predicted molar refractivity (Wildman–Crippen MR) is 116 cm³/mol. The van der Waals surface area contributed by atoms with E-state index >= 15 is 0 Å². The van der Waals surface area contributed by atoms with Crippen LogP contribution in [0.3, 0.4) is 0 Å². The number of imide groups is 1. The number of carbonyl (C=O) groups is 3. The fraction of sp³-hybridized carbons (Fsp3) is 0.217. The molecule has 9 nitrogen and oxygen atoms in total. The van der Waals surface area contributed by atoms with Crippen molar-refractivity contribution in [2.45, 2.75) is 12.6 Å². The van der Waals surface area contributed by atoms with Gasteiger partial charge >= 0.3 is 6.03 Å². The van der Waals surface area contributed by atoms with E-state index in [9.17, 15) is 14.4 Å². The SMILES string of the molecule is COc1cccc(C(NC(=O)c2ccc(CN3C(=O)CNC3=O)cc2)c2nccn2C)c1. The van der Waals surface area contributed by atoms with Crippen LogP contribution in [0.1, 0.15) is 33.4 Å². The summed E-state index contributed by atoms with van der Waals surface area (Å²) >= 11 is 0. The Morgan fingerprint density at radius 3 is 2.62 bits per heavy atom. The Balaban J connectivity index is 1.54. The van der Waals surface area contributed by atoms with Gasteiger partial charge in [0.15, 0.2) is 0 Å². The molecule has 0 bridgehead atoms. The highest BCUT2D eigenvalue weighted by Crippen LogP contribution is 2.24. The predicted octanol–water partition coefficient (Wildman–Crippen LogP) is 2.00. The molecule has 1 unspecified atom stereocenters. The first kappa shape index (κ1) is 21.1. The maximum absolute atomic E-state index is 13.0. The minimum atomic E-state index is -0.483. The molecule has 4 rings (SSSR count). The number of hydrogen-bond acceptors (Lipinski definition) is 5. The van der Waals surface area contributed by atoms with Crippen molar-refractivity contribution >= 4 is 17.8 Å². The van der Waals surface area contributed by atoms with Gasteiger partial charge in [-0.15, -0.1) is 0 Å². The van der Waals surface area contributed by atoms with Crippen LogP contribution >= 0.6 is 0 Å². The second-order valence-corrected chi connectivity index (χ2v) is 7.41. The van der Waals surface area contributed by atoms with Crippen LogP contribution in [0.5, 0.6) is 5.75 Å². The van der Waals surface area contributed by atoms with Gasteiger partial charge < -0.3 is 19.9 Å². The third-order valence-electron chi connectivity index (χ3n) is 5.31. The van der Waals surface area contributed by atoms with Crippen molar-refractivity contribution in [2.24, 2.45) is 7.05 Å². The highest BCUT2D eigenvalue weighted by molar-refractivity contribution is 6.01. The zero-order chi connectivity index (χ0) is 22.7. The van der Waals surface area contributed by atoms with Gasteiger partial charge in [0, 0.05) is 25.0 Å². The summed E-state index contributed by atoms with van der Waals surface area (Å²) in [5, 5.41) is 5.53. The number of aromatic nitrogens is 2. The quantitative estimate of drug-likeness (QED) is 0.555. The molecule has 1 aromatic heterocycles. The van der Waals surface area contributed by atoms with Gasteiger partial charge in [0.05, 0.1) is 20.2 Å². The van der Waals surface area contributed by atoms with Crippen LogP contribution in [0.2, 0.25) is 0 Å². The minimum Gasteiger partial charge on any atom is -0.497 e. The molecule has 2 aromatic carbocycles. The molecule has 0 radical (unpaired) electrons. The summed E-state index contributed by atoms with van der Waals surface area (Å²) in [5.74, 6) is 0.818. The Hall–Kier alpha value is -4.14. The van der Waals surface area contributed by atoms with E-state index in [-0.39, 0.29) is 24.9 Å². The summed E-state index contributed by atoms with van der Waals surface area (Å²) < 4.78 is 7.18. The van der Waals surface area contributed by atoms with E-state index in [0.29, 0.717) is 17.1 Å². The normalized spacial score (nSPS) is 14.2. The molecule has 1 saturated heterocycles. The van der Waals surface area contributed by atoms with Crippen molar-refractivity contribution in [2.75, 3.05) is 13.7 Å². The molecule has 4 amide bonds. The first-order valence-electron chi connectivity index (χ1n) is 10.1. The lowest BCUT2D eigenvalue weighted by molar-refractivity contribution is -0.125. The van der Waals surface area contributed by atoms with Crippen LogP contribution in [0, 0.1) is 0 Å². The standard InChI is InChI=1S/C23H23N5O4/c1-27-11-10-24-21(27)20(17-4-3-5-18(12-17)32-2)26-22(30)16-8-6-15(7-9-16)14-28-19(29)13-25-23(28)31/h3-12,20H,13-14H2,1-2H3,(H,25,31)(H,26,30). The Labute approximate surface area is 185 Å². The molecule has 0 spiro atoms. The summed E-state index contributed by atoms with van der Waals surface area (Å²) in [7, 11) is 3.46. The fourth-order valence-corrected chi connectivity index (χ4v) is 3.55. The number of hydrogen-bond donors (Lipinski definition) is 2. The van der Waals surface area contributed by atoms with E-state index < -0.39 is 12.1 Å². The summed E-state index contributed by atoms with van der Waals surface area (Å²) in [5.41, 5.74) is 2.04. The van der Waals surface area contributed by atoms with Gasteiger partial charge in [-0.3, -0.25) is 14.5 Å². The maximum atomic E-state index is 13.0. The average molecular weight is 433 g/mol. The molecule has 2 N–H and O–H groups in total. The molecule has 1 fully saturated rings. The number of imidazole rings is 1. The van der Waals surface area contributed by atoms with Crippen molar-refractivity contribution in [1.82, 2.24) is 25.1 Å². The zero-order valence-electron chi connectivity index (χ0n) is 17.7. The molecular weight excluding hydrogens is 410 g/mol. The van der Waals surface area contributed by atoms with Gasteiger partial charge in [-0.05, 0) is 35.4 Å². The maximum Gasteiger partial charge on any atom is 0.324 e. The van der Waals surface area contributed by atoms with Crippen LogP contribution in [0.25, 0.3) is 0 Å². The molecule has 0 saturated carbocycles. The third kappa shape index (κ3) is 4.31. The smallest absolute Gasteiger partial charge is 0.324 e. The Morgan fingerprint density at radius 2 is 2.00 bits per heavy atom. The van der Waals surface area contributed by atoms with E-state index in [0.717, 1.165) is 16.0 Å². The largest absolute Gasteiger partial charge is 0.497 e. The highest BCUT2D eigenvalue weighted by atomic mass is 16.5. The number of benzene rings is 2. The number of nitrogens with one attached hydrogen (secondary N) is 2. The Kier molecular flexibility index (Phi) is 5.89. The van der Waals surface area contributed by atoms with Gasteiger partial charge in [0.1, 0.15) is 17.6 Å². The lowest BCUT2D eigenvalue weighted by atomic mass is 10.0. The molecule has 0 aliphatic carbocycles. The van der Waals surface area contributed by atoms with Crippen molar-refractivity contribution in [3.63, 3.8) is 0 Å². The summed E-state index contributed by atoms with van der Waals surface area (Å²) in [4.78, 5) is 42.1. The molecule has 1 aliphatic rings. The first-order chi connectivity index (χ1) is 15.5. The monoisotopic (exact) mass is 433 g/mol. The summed E-state index contributed by atoms with van der Waals surface area (Å²) in [6, 6.07) is 13.4. The number of aryl methyl sites for hydroxylation is 1. The number of amides is 4. The second kappa shape index (κ2) is 8.93. The summed E-state index contributed by atoms with van der Waals surface area (Å²) in [6.07, 6.45) is 3.50. The molecule has 164 valence electrons. The fourth-order valence-electron chi connectivity index (χ4n) is 3.55. The Bertz CT molecular complexity index is 1140. The van der Waals surface area contributed by atoms with Crippen molar-refractivity contribution < 1.29 is 19.1 Å². The number of ether oxygens (including phenoxy) is 1. The number of nitrogens with zero attached hydrogens (tertiary/aromatic N) is 3. The zero-order valence-corrected chi connectivity index (χ0v) is 17.7. The molecular formula is C23H23N5O4. The van der Waals surface area contributed by atoms with Gasteiger partial charge in [-0.1, -0.05) is 24.3 Å². The molecule has 2 heterocycles. The van der Waals surface area contributed by atoms with Crippen LogP contribution < -0.4 is 15.4 Å². The van der Waals surface area contributed by atoms with E-state index in [4.69, 9.17) is 4.74 Å². The van der Waals surface area contributed by atoms with Gasteiger partial charge in [-0.2, -0.15) is 0 Å². The van der Waals surface area contributed by atoms with Gasteiger partial charge in [0.2, 0.25) is 5.91 Å². The first-order valence-corrected chi connectivity index (χ1v) is 10.1.